The number of ether oxygens (including phenoxy) is 1. The van der Waals surface area contributed by atoms with Crippen molar-refractivity contribution in [3.63, 3.8) is 0 Å². The number of aliphatic imine (C=N–C) groups is 1. The lowest BCUT2D eigenvalue weighted by Crippen LogP contribution is -2.37. The monoisotopic (exact) mass is 349 g/mol. The largest absolute Gasteiger partial charge is 0.434 e. The van der Waals surface area contributed by atoms with Crippen molar-refractivity contribution in [1.82, 2.24) is 0 Å². The van der Waals surface area contributed by atoms with E-state index in [4.69, 9.17) is 21.5 Å². The third-order valence-electron chi connectivity index (χ3n) is 3.08. The van der Waals surface area contributed by atoms with Gasteiger partial charge in [0, 0.05) is 18.9 Å². The van der Waals surface area contributed by atoms with E-state index in [2.05, 4.69) is 34.7 Å². The van der Waals surface area contributed by atoms with Gasteiger partial charge in [-0.3, -0.25) is 9.79 Å². The zero-order valence-corrected chi connectivity index (χ0v) is 14.6. The number of rotatable bonds is 5. The minimum atomic E-state index is -1.32. The second kappa shape index (κ2) is 11.0. The number of esters is 1. The highest BCUT2D eigenvalue weighted by Gasteiger charge is 2.39. The molecule has 0 saturated heterocycles. The summed E-state index contributed by atoms with van der Waals surface area (Å²) in [5.74, 6) is 10.9. The number of guanidine groups is 1. The van der Waals surface area contributed by atoms with Crippen molar-refractivity contribution in [3.8, 4) is 29.8 Å². The summed E-state index contributed by atoms with van der Waals surface area (Å²) in [7, 11) is 0. The van der Waals surface area contributed by atoms with Crippen molar-refractivity contribution in [1.29, 1.82) is 0 Å². The van der Waals surface area contributed by atoms with Crippen molar-refractivity contribution in [2.75, 3.05) is 6.54 Å². The smallest absolute Gasteiger partial charge is 0.325 e. The first-order valence-corrected chi connectivity index (χ1v) is 7.86. The molecule has 0 heterocycles. The van der Waals surface area contributed by atoms with E-state index < -0.39 is 11.6 Å². The number of carbonyl (C=O) groups excluding carboxylic acids is 1. The minimum Gasteiger partial charge on any atom is -0.434 e. The van der Waals surface area contributed by atoms with Crippen molar-refractivity contribution >= 4 is 11.9 Å². The van der Waals surface area contributed by atoms with Crippen LogP contribution in [0.4, 0.5) is 0 Å². The molecule has 1 aromatic carbocycles. The van der Waals surface area contributed by atoms with Crippen LogP contribution in [0, 0.1) is 29.8 Å². The van der Waals surface area contributed by atoms with E-state index in [1.807, 2.05) is 6.07 Å². The van der Waals surface area contributed by atoms with Gasteiger partial charge in [0.1, 0.15) is 0 Å². The van der Waals surface area contributed by atoms with Crippen molar-refractivity contribution in [3.05, 3.63) is 48.0 Å². The summed E-state index contributed by atoms with van der Waals surface area (Å²) in [6, 6.07) is 11.3. The van der Waals surface area contributed by atoms with E-state index >= 15 is 0 Å². The Bertz CT molecular complexity index is 826. The molecule has 0 aliphatic rings. The standard InChI is InChI=1S/C20H20N4O2/c1-17(25)26-20(16-21,18-12-8-7-9-13-18)14-10-5-3-2-4-6-11-15-24-19(22)23/h2-3,7-9,12-13H,11,14-15H2,1H3,(H4,22,23,24)/p+1/b3-2+. The lowest BCUT2D eigenvalue weighted by atomic mass is 9.92. The Kier molecular flexibility index (Phi) is 8.59. The van der Waals surface area contributed by atoms with Crippen molar-refractivity contribution < 1.29 is 14.8 Å². The molecule has 26 heavy (non-hydrogen) atoms. The predicted molar refractivity (Wildman–Crippen MR) is 99.3 cm³/mol. The maximum atomic E-state index is 11.4. The van der Waals surface area contributed by atoms with Crippen molar-refractivity contribution in [2.45, 2.75) is 25.4 Å². The molecule has 0 aromatic heterocycles. The Hall–Kier alpha value is -3.69. The third-order valence-corrected chi connectivity index (χ3v) is 3.08. The molecular weight excluding hydrogens is 328 g/mol. The zero-order valence-electron chi connectivity index (χ0n) is 14.6. The van der Waals surface area contributed by atoms with E-state index in [1.165, 1.54) is 6.92 Å². The number of hydrogen-bond acceptors (Lipinski definition) is 3. The molecule has 0 bridgehead atoms. The second-order valence-corrected chi connectivity index (χ2v) is 5.12. The highest BCUT2D eigenvalue weighted by Crippen LogP contribution is 2.28. The van der Waals surface area contributed by atoms with Crippen LogP contribution in [0.3, 0.4) is 0 Å². The number of carbonyl (C=O) groups is 1. The Balaban J connectivity index is 2.75. The Morgan fingerprint density at radius 2 is 1.88 bits per heavy atom. The van der Waals surface area contributed by atoms with Crippen LogP contribution in [0.5, 0.6) is 0 Å². The molecule has 6 heteroatoms. The summed E-state index contributed by atoms with van der Waals surface area (Å²) in [4.78, 5) is 15.3. The summed E-state index contributed by atoms with van der Waals surface area (Å²) in [6.45, 7) is 1.74. The van der Waals surface area contributed by atoms with Crippen LogP contribution >= 0.6 is 0 Å². The lowest BCUT2D eigenvalue weighted by Gasteiger charge is -2.21. The minimum absolute atomic E-state index is 0.0471. The molecule has 5 N–H and O–H groups in total. The molecule has 1 atom stereocenters. The Labute approximate surface area is 153 Å². The fourth-order valence-electron chi connectivity index (χ4n) is 1.98. The van der Waals surface area contributed by atoms with E-state index in [9.17, 15) is 4.79 Å². The van der Waals surface area contributed by atoms with Gasteiger partial charge in [-0.1, -0.05) is 59.3 Å². The number of hydrogen-bond donors (Lipinski definition) is 3. The summed E-state index contributed by atoms with van der Waals surface area (Å²) >= 11 is 0. The highest BCUT2D eigenvalue weighted by atomic mass is 16.6. The van der Waals surface area contributed by atoms with Crippen LogP contribution < -0.4 is 16.7 Å². The summed E-state index contributed by atoms with van der Waals surface area (Å²) in [5, 5.41) is 7.62. The molecule has 0 aliphatic carbocycles. The second-order valence-electron chi connectivity index (χ2n) is 5.12. The van der Waals surface area contributed by atoms with Gasteiger partial charge in [0.25, 0.3) is 5.60 Å². The SMILES string of the molecule is CC(=O)OC(C#[NH+])(CC#C/C=C/C#CCCN=C(N)N)c1ccccc1. The van der Waals surface area contributed by atoms with Gasteiger partial charge in [-0.25, -0.2) is 0 Å². The van der Waals surface area contributed by atoms with Gasteiger partial charge in [0.15, 0.2) is 5.96 Å². The summed E-state index contributed by atoms with van der Waals surface area (Å²) < 4.78 is 5.34. The topological polar surface area (TPSA) is 114 Å². The molecular formula is C20H21N4O2+. The lowest BCUT2D eigenvalue weighted by molar-refractivity contribution is -0.162. The van der Waals surface area contributed by atoms with E-state index in [-0.39, 0.29) is 12.4 Å². The molecule has 0 radical (unpaired) electrons. The Morgan fingerprint density at radius 1 is 1.23 bits per heavy atom. The fourth-order valence-corrected chi connectivity index (χ4v) is 1.98. The number of allylic oxidation sites excluding steroid dienone is 2. The van der Waals surface area contributed by atoms with E-state index in [0.29, 0.717) is 18.5 Å². The van der Waals surface area contributed by atoms with Gasteiger partial charge in [-0.15, -0.1) is 0 Å². The first-order chi connectivity index (χ1) is 12.5. The molecule has 0 amide bonds. The van der Waals surface area contributed by atoms with Crippen LogP contribution in [-0.4, -0.2) is 18.5 Å². The molecule has 0 saturated carbocycles. The van der Waals surface area contributed by atoms with Gasteiger partial charge >= 0.3 is 12.0 Å². The van der Waals surface area contributed by atoms with Crippen LogP contribution in [0.2, 0.25) is 0 Å². The van der Waals surface area contributed by atoms with Crippen LogP contribution in [0.1, 0.15) is 25.3 Å². The predicted octanol–water partition coefficient (Wildman–Crippen LogP) is -0.166. The third kappa shape index (κ3) is 7.25. The number of nitrogens with zero attached hydrogens (tertiary/aromatic N) is 1. The average Bonchev–Trinajstić information content (AvgIpc) is 2.62. The quantitative estimate of drug-likeness (QED) is 0.225. The molecule has 0 spiro atoms. The van der Waals surface area contributed by atoms with Crippen LogP contribution in [0.25, 0.3) is 0 Å². The maximum Gasteiger partial charge on any atom is 0.325 e. The molecule has 132 valence electrons. The average molecular weight is 349 g/mol. The Morgan fingerprint density at radius 3 is 2.46 bits per heavy atom. The zero-order chi connectivity index (χ0) is 19.3. The number of benzene rings is 1. The van der Waals surface area contributed by atoms with Gasteiger partial charge in [-0.05, 0) is 12.2 Å². The first kappa shape index (κ1) is 20.4. The first-order valence-electron chi connectivity index (χ1n) is 7.86. The van der Waals surface area contributed by atoms with Crippen LogP contribution in [-0.2, 0) is 15.1 Å². The molecule has 1 aromatic rings. The van der Waals surface area contributed by atoms with E-state index in [1.54, 1.807) is 36.4 Å². The molecule has 1 unspecified atom stereocenters. The maximum absolute atomic E-state index is 11.4. The van der Waals surface area contributed by atoms with E-state index in [0.717, 1.165) is 0 Å². The van der Waals surface area contributed by atoms with Crippen molar-refractivity contribution in [2.24, 2.45) is 16.5 Å². The molecule has 0 aliphatic heterocycles. The molecule has 6 nitrogen and oxygen atoms in total. The van der Waals surface area contributed by atoms with Gasteiger partial charge in [0.05, 0.1) is 13.0 Å². The summed E-state index contributed by atoms with van der Waals surface area (Å²) in [5.41, 5.74) is 9.73. The normalized spacial score (nSPS) is 11.7. The number of nitrogens with two attached hydrogens (primary N) is 2. The molecule has 0 fully saturated rings. The molecule has 1 rings (SSSR count). The van der Waals surface area contributed by atoms with Gasteiger partial charge in [-0.2, -0.15) is 0 Å². The van der Waals surface area contributed by atoms with Crippen LogP contribution in [0.15, 0.2) is 47.5 Å². The highest BCUT2D eigenvalue weighted by molar-refractivity contribution is 5.75. The van der Waals surface area contributed by atoms with Gasteiger partial charge < -0.3 is 16.2 Å². The van der Waals surface area contributed by atoms with Gasteiger partial charge in [0.2, 0.25) is 0 Å². The number of nitrogens with one attached hydrogen (secondary N) is 1. The fraction of sp³-hybridized carbons (Fsp3) is 0.250. The summed E-state index contributed by atoms with van der Waals surface area (Å²) in [6.07, 6.45) is 3.85.